The van der Waals surface area contributed by atoms with Crippen molar-refractivity contribution in [3.8, 4) is 5.75 Å². The summed E-state index contributed by atoms with van der Waals surface area (Å²) in [5, 5.41) is 11.0. The molecular formula is C18H18F3N5O2. The molecule has 0 fully saturated rings. The van der Waals surface area contributed by atoms with Gasteiger partial charge >= 0.3 is 6.18 Å². The molecule has 0 aliphatic carbocycles. The molecule has 10 heteroatoms. The van der Waals surface area contributed by atoms with Crippen molar-refractivity contribution in [3.63, 3.8) is 0 Å². The van der Waals surface area contributed by atoms with Crippen LogP contribution in [0, 0.1) is 0 Å². The third-order valence-corrected chi connectivity index (χ3v) is 3.75. The molecule has 2 aromatic heterocycles. The average molecular weight is 393 g/mol. The predicted octanol–water partition coefficient (Wildman–Crippen LogP) is 3.34. The lowest BCUT2D eigenvalue weighted by Gasteiger charge is -2.10. The smallest absolute Gasteiger partial charge is 0.422 e. The van der Waals surface area contributed by atoms with Crippen molar-refractivity contribution in [2.45, 2.75) is 26.2 Å². The highest BCUT2D eigenvalue weighted by Crippen LogP contribution is 2.20. The van der Waals surface area contributed by atoms with Crippen molar-refractivity contribution >= 4 is 11.6 Å². The molecule has 0 bridgehead atoms. The normalized spacial score (nSPS) is 11.4. The number of nitrogens with zero attached hydrogens (tertiary/aromatic N) is 4. The summed E-state index contributed by atoms with van der Waals surface area (Å²) in [5.74, 6) is -0.510. The number of anilines is 1. The Balaban J connectivity index is 1.61. The molecule has 0 saturated heterocycles. The lowest BCUT2D eigenvalue weighted by molar-refractivity contribution is -0.153. The summed E-state index contributed by atoms with van der Waals surface area (Å²) in [6.07, 6.45) is 2.36. The van der Waals surface area contributed by atoms with Crippen LogP contribution in [-0.2, 0) is 13.1 Å². The highest BCUT2D eigenvalue weighted by Gasteiger charge is 2.28. The van der Waals surface area contributed by atoms with Crippen LogP contribution in [0.3, 0.4) is 0 Å². The molecule has 0 radical (unpaired) electrons. The van der Waals surface area contributed by atoms with Gasteiger partial charge in [-0.25, -0.2) is 0 Å². The van der Waals surface area contributed by atoms with Crippen LogP contribution in [0.5, 0.6) is 5.75 Å². The Labute approximate surface area is 158 Å². The molecule has 0 aliphatic rings. The first-order chi connectivity index (χ1) is 13.3. The van der Waals surface area contributed by atoms with Gasteiger partial charge in [0.05, 0.1) is 24.6 Å². The summed E-state index contributed by atoms with van der Waals surface area (Å²) in [5.41, 5.74) is 1.61. The van der Waals surface area contributed by atoms with Crippen LogP contribution in [-0.4, -0.2) is 38.3 Å². The fraction of sp³-hybridized carbons (Fsp3) is 0.278. The standard InChI is InChI=1S/C18H18F3N5O2/c1-2-25-9-13(7-22-25)10-26-11-15(8-23-26)24-17(27)14-4-3-5-16(6-14)28-12-18(19,20)21/h3-9,11H,2,10,12H2,1H3,(H,24,27). The molecule has 0 spiro atoms. The van der Waals surface area contributed by atoms with Gasteiger partial charge in [0.25, 0.3) is 5.91 Å². The minimum Gasteiger partial charge on any atom is -0.484 e. The highest BCUT2D eigenvalue weighted by atomic mass is 19.4. The molecule has 3 aromatic rings. The van der Waals surface area contributed by atoms with Gasteiger partial charge in [-0.2, -0.15) is 23.4 Å². The molecule has 0 atom stereocenters. The van der Waals surface area contributed by atoms with Crippen LogP contribution in [0.2, 0.25) is 0 Å². The van der Waals surface area contributed by atoms with Crippen LogP contribution in [0.25, 0.3) is 0 Å². The van der Waals surface area contributed by atoms with Crippen molar-refractivity contribution in [3.05, 3.63) is 60.2 Å². The highest BCUT2D eigenvalue weighted by molar-refractivity contribution is 6.04. The summed E-state index contributed by atoms with van der Waals surface area (Å²) >= 11 is 0. The lowest BCUT2D eigenvalue weighted by atomic mass is 10.2. The second kappa shape index (κ2) is 8.15. The van der Waals surface area contributed by atoms with Gasteiger partial charge in [-0.1, -0.05) is 6.07 Å². The zero-order valence-corrected chi connectivity index (χ0v) is 15.0. The number of carbonyl (C=O) groups excluding carboxylic acids is 1. The Hall–Kier alpha value is -3.30. The third kappa shape index (κ3) is 5.35. The Morgan fingerprint density at radius 1 is 1.18 bits per heavy atom. The third-order valence-electron chi connectivity index (χ3n) is 3.75. The van der Waals surface area contributed by atoms with E-state index in [1.54, 1.807) is 21.8 Å². The van der Waals surface area contributed by atoms with Crippen LogP contribution >= 0.6 is 0 Å². The molecule has 1 amide bonds. The number of halogens is 3. The summed E-state index contributed by atoms with van der Waals surface area (Å²) in [6.45, 7) is 1.84. The molecule has 7 nitrogen and oxygen atoms in total. The maximum absolute atomic E-state index is 12.3. The second-order valence-corrected chi connectivity index (χ2v) is 6.02. The number of amides is 1. The van der Waals surface area contributed by atoms with E-state index in [1.165, 1.54) is 30.5 Å². The van der Waals surface area contributed by atoms with Gasteiger partial charge < -0.3 is 10.1 Å². The van der Waals surface area contributed by atoms with Gasteiger partial charge in [-0.15, -0.1) is 0 Å². The predicted molar refractivity (Wildman–Crippen MR) is 95.2 cm³/mol. The number of benzene rings is 1. The Morgan fingerprint density at radius 2 is 1.96 bits per heavy atom. The van der Waals surface area contributed by atoms with Crippen LogP contribution in [0.1, 0.15) is 22.8 Å². The molecule has 3 rings (SSSR count). The maximum Gasteiger partial charge on any atom is 0.422 e. The first-order valence-corrected chi connectivity index (χ1v) is 8.47. The molecule has 0 unspecified atom stereocenters. The molecule has 1 aromatic carbocycles. The quantitative estimate of drug-likeness (QED) is 0.668. The number of hydrogen-bond acceptors (Lipinski definition) is 4. The molecule has 148 valence electrons. The first kappa shape index (κ1) is 19.5. The van der Waals surface area contributed by atoms with Crippen molar-refractivity contribution in [2.24, 2.45) is 0 Å². The maximum atomic E-state index is 12.3. The molecular weight excluding hydrogens is 375 g/mol. The summed E-state index contributed by atoms with van der Waals surface area (Å²) in [6, 6.07) is 5.55. The number of ether oxygens (including phenoxy) is 1. The van der Waals surface area contributed by atoms with Gasteiger partial charge in [0, 0.05) is 30.1 Å². The van der Waals surface area contributed by atoms with E-state index in [1.807, 2.05) is 13.1 Å². The van der Waals surface area contributed by atoms with Crippen molar-refractivity contribution in [1.29, 1.82) is 0 Å². The van der Waals surface area contributed by atoms with E-state index in [-0.39, 0.29) is 11.3 Å². The van der Waals surface area contributed by atoms with Gasteiger partial charge in [0.1, 0.15) is 5.75 Å². The van der Waals surface area contributed by atoms with E-state index in [0.29, 0.717) is 12.2 Å². The zero-order valence-electron chi connectivity index (χ0n) is 15.0. The number of hydrogen-bond donors (Lipinski definition) is 1. The van der Waals surface area contributed by atoms with Crippen molar-refractivity contribution < 1.29 is 22.7 Å². The number of carbonyl (C=O) groups is 1. The fourth-order valence-electron chi connectivity index (χ4n) is 2.46. The van der Waals surface area contributed by atoms with Gasteiger partial charge in [-0.05, 0) is 25.1 Å². The van der Waals surface area contributed by atoms with Gasteiger partial charge in [-0.3, -0.25) is 14.2 Å². The zero-order chi connectivity index (χ0) is 20.1. The van der Waals surface area contributed by atoms with Gasteiger partial charge in [0.15, 0.2) is 6.61 Å². The summed E-state index contributed by atoms with van der Waals surface area (Å²) < 4.78 is 44.9. The summed E-state index contributed by atoms with van der Waals surface area (Å²) in [4.78, 5) is 12.3. The topological polar surface area (TPSA) is 74.0 Å². The second-order valence-electron chi connectivity index (χ2n) is 6.02. The molecule has 28 heavy (non-hydrogen) atoms. The van der Waals surface area contributed by atoms with E-state index in [0.717, 1.165) is 12.1 Å². The number of nitrogens with one attached hydrogen (secondary N) is 1. The van der Waals surface area contributed by atoms with E-state index in [9.17, 15) is 18.0 Å². The SMILES string of the molecule is CCn1cc(Cn2cc(NC(=O)c3cccc(OCC(F)(F)F)c3)cn2)cn1. The molecule has 1 N–H and O–H groups in total. The van der Waals surface area contributed by atoms with E-state index in [2.05, 4.69) is 20.3 Å². The van der Waals surface area contributed by atoms with E-state index in [4.69, 9.17) is 0 Å². The molecule has 2 heterocycles. The monoisotopic (exact) mass is 393 g/mol. The van der Waals surface area contributed by atoms with Crippen LogP contribution < -0.4 is 10.1 Å². The first-order valence-electron chi connectivity index (χ1n) is 8.47. The molecule has 0 aliphatic heterocycles. The van der Waals surface area contributed by atoms with E-state index < -0.39 is 18.7 Å². The Bertz CT molecular complexity index is 949. The number of aryl methyl sites for hydroxylation is 1. The lowest BCUT2D eigenvalue weighted by Crippen LogP contribution is -2.19. The largest absolute Gasteiger partial charge is 0.484 e. The number of alkyl halides is 3. The minimum atomic E-state index is -4.44. The van der Waals surface area contributed by atoms with Crippen LogP contribution in [0.4, 0.5) is 18.9 Å². The number of aromatic nitrogens is 4. The fourth-order valence-corrected chi connectivity index (χ4v) is 2.46. The van der Waals surface area contributed by atoms with Crippen molar-refractivity contribution in [1.82, 2.24) is 19.6 Å². The Morgan fingerprint density at radius 3 is 2.68 bits per heavy atom. The Kier molecular flexibility index (Phi) is 5.67. The number of rotatable bonds is 7. The van der Waals surface area contributed by atoms with Crippen molar-refractivity contribution in [2.75, 3.05) is 11.9 Å². The summed E-state index contributed by atoms with van der Waals surface area (Å²) in [7, 11) is 0. The average Bonchev–Trinajstić information content (AvgIpc) is 3.29. The van der Waals surface area contributed by atoms with E-state index >= 15 is 0 Å². The van der Waals surface area contributed by atoms with Crippen LogP contribution in [0.15, 0.2) is 49.1 Å². The molecule has 0 saturated carbocycles. The van der Waals surface area contributed by atoms with Gasteiger partial charge in [0.2, 0.25) is 0 Å². The minimum absolute atomic E-state index is 0.0337.